The third kappa shape index (κ3) is 4.34. The second-order valence-corrected chi connectivity index (χ2v) is 5.31. The first-order chi connectivity index (χ1) is 9.67. The Kier molecular flexibility index (Phi) is 7.31. The van der Waals surface area contributed by atoms with Gasteiger partial charge < -0.3 is 11.1 Å². The molecule has 1 aromatic rings. The number of nitrogens with two attached hydrogens (primary N) is 1. The molecule has 0 saturated heterocycles. The van der Waals surface area contributed by atoms with Gasteiger partial charge in [-0.15, -0.1) is 0 Å². The van der Waals surface area contributed by atoms with E-state index in [2.05, 4.69) is 31.3 Å². The zero-order valence-electron chi connectivity index (χ0n) is 12.9. The van der Waals surface area contributed by atoms with Gasteiger partial charge in [-0.3, -0.25) is 4.79 Å². The number of benzene rings is 1. The maximum absolute atomic E-state index is 12.3. The third-order valence-electron chi connectivity index (χ3n) is 4.12. The lowest BCUT2D eigenvalue weighted by Crippen LogP contribution is -2.39. The van der Waals surface area contributed by atoms with Crippen molar-refractivity contribution < 1.29 is 4.79 Å². The molecule has 0 saturated carbocycles. The van der Waals surface area contributed by atoms with E-state index in [1.165, 1.54) is 5.56 Å². The molecule has 0 aliphatic rings. The van der Waals surface area contributed by atoms with Crippen LogP contribution in [0.15, 0.2) is 30.3 Å². The molecule has 0 aromatic heterocycles. The maximum Gasteiger partial charge on any atom is 0.224 e. The zero-order chi connectivity index (χ0) is 15.0. The smallest absolute Gasteiger partial charge is 0.224 e. The van der Waals surface area contributed by atoms with Gasteiger partial charge in [0.2, 0.25) is 5.91 Å². The van der Waals surface area contributed by atoms with E-state index in [1.54, 1.807) is 0 Å². The van der Waals surface area contributed by atoms with Crippen LogP contribution in [-0.2, 0) is 4.79 Å². The topological polar surface area (TPSA) is 55.1 Å². The van der Waals surface area contributed by atoms with Gasteiger partial charge in [0.25, 0.3) is 0 Å². The summed E-state index contributed by atoms with van der Waals surface area (Å²) in [7, 11) is 0. The van der Waals surface area contributed by atoms with Gasteiger partial charge in [-0.2, -0.15) is 0 Å². The van der Waals surface area contributed by atoms with Crippen LogP contribution in [0, 0.1) is 11.8 Å². The van der Waals surface area contributed by atoms with E-state index in [1.807, 2.05) is 25.1 Å². The van der Waals surface area contributed by atoms with Crippen molar-refractivity contribution in [3.8, 4) is 0 Å². The molecule has 1 aromatic carbocycles. The predicted molar refractivity (Wildman–Crippen MR) is 84.2 cm³/mol. The van der Waals surface area contributed by atoms with Gasteiger partial charge in [0.15, 0.2) is 0 Å². The first kappa shape index (κ1) is 16.7. The van der Waals surface area contributed by atoms with Gasteiger partial charge in [0, 0.05) is 12.5 Å². The van der Waals surface area contributed by atoms with Crippen molar-refractivity contribution in [1.82, 2.24) is 5.32 Å². The van der Waals surface area contributed by atoms with Crippen LogP contribution in [0.4, 0.5) is 0 Å². The number of nitrogens with one attached hydrogen (secondary N) is 1. The second-order valence-electron chi connectivity index (χ2n) is 5.31. The summed E-state index contributed by atoms with van der Waals surface area (Å²) in [6, 6.07) is 10.3. The highest BCUT2D eigenvalue weighted by molar-refractivity contribution is 5.79. The van der Waals surface area contributed by atoms with E-state index >= 15 is 0 Å². The molecular formula is C17H28N2O. The molecular weight excluding hydrogens is 248 g/mol. The van der Waals surface area contributed by atoms with Crippen molar-refractivity contribution in [1.29, 1.82) is 0 Å². The van der Waals surface area contributed by atoms with Crippen LogP contribution >= 0.6 is 0 Å². The first-order valence-electron chi connectivity index (χ1n) is 7.73. The highest BCUT2D eigenvalue weighted by atomic mass is 16.1. The Bertz CT molecular complexity index is 383. The van der Waals surface area contributed by atoms with E-state index in [9.17, 15) is 4.79 Å². The minimum Gasteiger partial charge on any atom is -0.349 e. The number of carbonyl (C=O) groups excluding carboxylic acids is 1. The van der Waals surface area contributed by atoms with Crippen molar-refractivity contribution in [2.75, 3.05) is 6.54 Å². The molecule has 0 bridgehead atoms. The number of carbonyl (C=O) groups is 1. The SMILES string of the molecule is CCC(CN)C(=O)NC(c1ccccc1)C(CC)CC. The second kappa shape index (κ2) is 8.75. The number of amides is 1. The molecule has 0 aliphatic heterocycles. The van der Waals surface area contributed by atoms with E-state index in [-0.39, 0.29) is 17.9 Å². The molecule has 2 unspecified atom stereocenters. The summed E-state index contributed by atoms with van der Waals surface area (Å²) in [4.78, 5) is 12.3. The minimum atomic E-state index is -0.0874. The fourth-order valence-corrected chi connectivity index (χ4v) is 2.62. The average Bonchev–Trinajstić information content (AvgIpc) is 2.49. The molecule has 0 aliphatic carbocycles. The highest BCUT2D eigenvalue weighted by Crippen LogP contribution is 2.27. The number of hydrogen-bond donors (Lipinski definition) is 2. The van der Waals surface area contributed by atoms with Crippen molar-refractivity contribution >= 4 is 5.91 Å². The summed E-state index contributed by atoms with van der Waals surface area (Å²) < 4.78 is 0. The molecule has 2 atom stereocenters. The van der Waals surface area contributed by atoms with E-state index in [0.29, 0.717) is 12.5 Å². The summed E-state index contributed by atoms with van der Waals surface area (Å²) in [5, 5.41) is 3.22. The van der Waals surface area contributed by atoms with Crippen LogP contribution in [-0.4, -0.2) is 12.5 Å². The standard InChI is InChI=1S/C17H28N2O/c1-4-13(5-2)16(15-10-8-7-9-11-15)19-17(20)14(6-3)12-18/h7-11,13-14,16H,4-6,12,18H2,1-3H3,(H,19,20). The Hall–Kier alpha value is -1.35. The molecule has 0 spiro atoms. The molecule has 0 radical (unpaired) electrons. The quantitative estimate of drug-likeness (QED) is 0.765. The van der Waals surface area contributed by atoms with Crippen LogP contribution in [0.25, 0.3) is 0 Å². The number of rotatable bonds is 8. The summed E-state index contributed by atoms with van der Waals surface area (Å²) in [5.41, 5.74) is 6.86. The molecule has 1 amide bonds. The van der Waals surface area contributed by atoms with Crippen LogP contribution in [0.3, 0.4) is 0 Å². The Morgan fingerprint density at radius 2 is 1.70 bits per heavy atom. The van der Waals surface area contributed by atoms with Gasteiger partial charge >= 0.3 is 0 Å². The van der Waals surface area contributed by atoms with Crippen LogP contribution in [0.1, 0.15) is 51.6 Å². The predicted octanol–water partition coefficient (Wildman–Crippen LogP) is 3.27. The zero-order valence-corrected chi connectivity index (χ0v) is 12.9. The van der Waals surface area contributed by atoms with Crippen LogP contribution < -0.4 is 11.1 Å². The molecule has 0 fully saturated rings. The molecule has 3 N–H and O–H groups in total. The van der Waals surface area contributed by atoms with Gasteiger partial charge in [-0.05, 0) is 17.9 Å². The lowest BCUT2D eigenvalue weighted by atomic mass is 9.88. The fourth-order valence-electron chi connectivity index (χ4n) is 2.62. The summed E-state index contributed by atoms with van der Waals surface area (Å²) >= 11 is 0. The van der Waals surface area contributed by atoms with Gasteiger partial charge in [-0.25, -0.2) is 0 Å². The fraction of sp³-hybridized carbons (Fsp3) is 0.588. The van der Waals surface area contributed by atoms with Crippen molar-refractivity contribution in [3.63, 3.8) is 0 Å². The van der Waals surface area contributed by atoms with Gasteiger partial charge in [0.05, 0.1) is 6.04 Å². The Morgan fingerprint density at radius 1 is 1.10 bits per heavy atom. The Balaban J connectivity index is 2.91. The van der Waals surface area contributed by atoms with E-state index in [0.717, 1.165) is 19.3 Å². The summed E-state index contributed by atoms with van der Waals surface area (Å²) in [5.74, 6) is 0.447. The molecule has 112 valence electrons. The molecule has 3 nitrogen and oxygen atoms in total. The summed E-state index contributed by atoms with van der Waals surface area (Å²) in [6.07, 6.45) is 2.89. The van der Waals surface area contributed by atoms with E-state index in [4.69, 9.17) is 5.73 Å². The van der Waals surface area contributed by atoms with Crippen molar-refractivity contribution in [3.05, 3.63) is 35.9 Å². The monoisotopic (exact) mass is 276 g/mol. The normalized spacial score (nSPS) is 14.1. The highest BCUT2D eigenvalue weighted by Gasteiger charge is 2.24. The van der Waals surface area contributed by atoms with Crippen molar-refractivity contribution in [2.45, 2.75) is 46.1 Å². The molecule has 20 heavy (non-hydrogen) atoms. The lowest BCUT2D eigenvalue weighted by molar-refractivity contribution is -0.126. The summed E-state index contributed by atoms with van der Waals surface area (Å²) in [6.45, 7) is 6.77. The Labute approximate surface area is 122 Å². The molecule has 3 heteroatoms. The third-order valence-corrected chi connectivity index (χ3v) is 4.12. The maximum atomic E-state index is 12.3. The van der Waals surface area contributed by atoms with Crippen LogP contribution in [0.5, 0.6) is 0 Å². The lowest BCUT2D eigenvalue weighted by Gasteiger charge is -2.28. The van der Waals surface area contributed by atoms with Crippen LogP contribution in [0.2, 0.25) is 0 Å². The Morgan fingerprint density at radius 3 is 2.15 bits per heavy atom. The van der Waals surface area contributed by atoms with Gasteiger partial charge in [-0.1, -0.05) is 63.9 Å². The average molecular weight is 276 g/mol. The van der Waals surface area contributed by atoms with Crippen molar-refractivity contribution in [2.24, 2.45) is 17.6 Å². The number of hydrogen-bond acceptors (Lipinski definition) is 2. The first-order valence-corrected chi connectivity index (χ1v) is 7.73. The van der Waals surface area contributed by atoms with Gasteiger partial charge in [0.1, 0.15) is 0 Å². The molecule has 0 heterocycles. The largest absolute Gasteiger partial charge is 0.349 e. The van der Waals surface area contributed by atoms with E-state index < -0.39 is 0 Å². The minimum absolute atomic E-state index is 0.0794. The molecule has 1 rings (SSSR count).